The molecule has 0 bridgehead atoms. The van der Waals surface area contributed by atoms with Gasteiger partial charge in [0, 0.05) is 25.0 Å². The van der Waals surface area contributed by atoms with E-state index in [4.69, 9.17) is 4.74 Å². The van der Waals surface area contributed by atoms with Gasteiger partial charge in [0.25, 0.3) is 5.91 Å². The van der Waals surface area contributed by atoms with E-state index in [1.54, 1.807) is 18.3 Å². The van der Waals surface area contributed by atoms with E-state index in [1.807, 2.05) is 29.2 Å². The first-order chi connectivity index (χ1) is 13.2. The summed E-state index contributed by atoms with van der Waals surface area (Å²) in [6.07, 6.45) is 6.14. The Bertz CT molecular complexity index is 899. The monoisotopic (exact) mass is 361 g/mol. The molecule has 0 atom stereocenters. The van der Waals surface area contributed by atoms with Crippen molar-refractivity contribution in [3.63, 3.8) is 0 Å². The topological polar surface area (TPSA) is 55.3 Å². The summed E-state index contributed by atoms with van der Waals surface area (Å²) in [6.45, 7) is 3.43. The third kappa shape index (κ3) is 4.73. The van der Waals surface area contributed by atoms with Crippen LogP contribution >= 0.6 is 0 Å². The Labute approximate surface area is 160 Å². The molecule has 2 aromatic heterocycles. The highest BCUT2D eigenvalue weighted by atomic mass is 16.5. The van der Waals surface area contributed by atoms with Gasteiger partial charge in [-0.25, -0.2) is 9.97 Å². The molecule has 1 saturated heterocycles. The number of aryl methyl sites for hydroxylation is 1. The zero-order valence-corrected chi connectivity index (χ0v) is 15.7. The lowest BCUT2D eigenvalue weighted by molar-refractivity contribution is 0.0739. The Hall–Kier alpha value is -3.13. The molecule has 2 aromatic rings. The van der Waals surface area contributed by atoms with Crippen LogP contribution in [0.4, 0.5) is 0 Å². The van der Waals surface area contributed by atoms with Crippen molar-refractivity contribution in [3.8, 4) is 17.7 Å². The molecule has 5 nitrogen and oxygen atoms in total. The van der Waals surface area contributed by atoms with Crippen LogP contribution in [0.15, 0.2) is 48.2 Å². The molecule has 1 fully saturated rings. The van der Waals surface area contributed by atoms with Crippen molar-refractivity contribution in [1.82, 2.24) is 14.9 Å². The Kier molecular flexibility index (Phi) is 6.22. The molecule has 1 amide bonds. The van der Waals surface area contributed by atoms with Gasteiger partial charge in [0.05, 0.1) is 7.11 Å². The van der Waals surface area contributed by atoms with Gasteiger partial charge < -0.3 is 9.64 Å². The Morgan fingerprint density at radius 2 is 2.07 bits per heavy atom. The predicted molar refractivity (Wildman–Crippen MR) is 105 cm³/mol. The highest BCUT2D eigenvalue weighted by Crippen LogP contribution is 2.21. The van der Waals surface area contributed by atoms with Crippen molar-refractivity contribution in [2.75, 3.05) is 20.2 Å². The number of carbonyl (C=O) groups excluding carboxylic acids is 1. The summed E-state index contributed by atoms with van der Waals surface area (Å²) >= 11 is 0. The lowest BCUT2D eigenvalue weighted by atomic mass is 10.0. The van der Waals surface area contributed by atoms with E-state index in [9.17, 15) is 4.79 Å². The van der Waals surface area contributed by atoms with E-state index < -0.39 is 0 Å². The number of likely N-dealkylation sites (tertiary alicyclic amines) is 1. The van der Waals surface area contributed by atoms with Gasteiger partial charge in [0.2, 0.25) is 5.88 Å². The zero-order valence-electron chi connectivity index (χ0n) is 15.7. The molecule has 0 N–H and O–H groups in total. The predicted octanol–water partition coefficient (Wildman–Crippen LogP) is 3.26. The lowest BCUT2D eigenvalue weighted by Gasteiger charge is -2.28. The quantitative estimate of drug-likeness (QED) is 0.788. The number of methoxy groups -OCH3 is 1. The van der Waals surface area contributed by atoms with Crippen LogP contribution in [-0.4, -0.2) is 41.0 Å². The molecule has 3 heterocycles. The van der Waals surface area contributed by atoms with Gasteiger partial charge in [0.15, 0.2) is 0 Å². The zero-order chi connectivity index (χ0) is 19.1. The number of nitrogens with zero attached hydrogens (tertiary/aromatic N) is 3. The largest absolute Gasteiger partial charge is 0.480 e. The Morgan fingerprint density at radius 3 is 2.81 bits per heavy atom. The Morgan fingerprint density at radius 1 is 1.26 bits per heavy atom. The maximum Gasteiger partial charge on any atom is 0.259 e. The van der Waals surface area contributed by atoms with Gasteiger partial charge in [-0.3, -0.25) is 4.79 Å². The molecule has 27 heavy (non-hydrogen) atoms. The molecule has 0 aliphatic carbocycles. The first kappa shape index (κ1) is 18.7. The van der Waals surface area contributed by atoms with Crippen LogP contribution in [0.1, 0.15) is 41.5 Å². The highest BCUT2D eigenvalue weighted by Gasteiger charge is 2.23. The van der Waals surface area contributed by atoms with E-state index in [-0.39, 0.29) is 5.91 Å². The summed E-state index contributed by atoms with van der Waals surface area (Å²) in [5.41, 5.74) is 3.61. The van der Waals surface area contributed by atoms with Crippen molar-refractivity contribution in [3.05, 3.63) is 65.1 Å². The van der Waals surface area contributed by atoms with Crippen LogP contribution in [0.5, 0.6) is 5.88 Å². The van der Waals surface area contributed by atoms with Gasteiger partial charge in [-0.05, 0) is 55.5 Å². The maximum atomic E-state index is 12.7. The molecule has 3 rings (SSSR count). The van der Waals surface area contributed by atoms with Crippen LogP contribution in [0, 0.1) is 11.8 Å². The first-order valence-corrected chi connectivity index (χ1v) is 9.15. The second kappa shape index (κ2) is 9.00. The standard InChI is InChI=1S/C22H23N3O2/c1-3-18-8-5-10-19(24-18)9-4-7-17-12-15-25(16-13-17)22(26)20-11-6-14-23-21(20)27-2/h5-8,10-11,14H,3,12-13,15-16H2,1-2H3. The fourth-order valence-corrected chi connectivity index (χ4v) is 2.99. The molecular formula is C22H23N3O2. The van der Waals surface area contributed by atoms with E-state index in [0.29, 0.717) is 24.5 Å². The molecule has 0 unspecified atom stereocenters. The minimum atomic E-state index is -0.0364. The van der Waals surface area contributed by atoms with Crippen LogP contribution in [0.25, 0.3) is 0 Å². The number of aromatic nitrogens is 2. The van der Waals surface area contributed by atoms with Crippen molar-refractivity contribution < 1.29 is 9.53 Å². The number of pyridine rings is 2. The number of piperidine rings is 1. The molecule has 138 valence electrons. The molecule has 0 spiro atoms. The van der Waals surface area contributed by atoms with Crippen LogP contribution in [0.2, 0.25) is 0 Å². The molecule has 1 aliphatic heterocycles. The van der Waals surface area contributed by atoms with Crippen LogP contribution < -0.4 is 4.74 Å². The van der Waals surface area contributed by atoms with Crippen molar-refractivity contribution in [1.29, 1.82) is 0 Å². The van der Waals surface area contributed by atoms with Crippen molar-refractivity contribution >= 4 is 5.91 Å². The fraction of sp³-hybridized carbons (Fsp3) is 0.318. The minimum absolute atomic E-state index is 0.0364. The summed E-state index contributed by atoms with van der Waals surface area (Å²) in [4.78, 5) is 23.1. The third-order valence-corrected chi connectivity index (χ3v) is 4.53. The molecule has 1 aliphatic rings. The average molecular weight is 361 g/mol. The van der Waals surface area contributed by atoms with Gasteiger partial charge in [-0.15, -0.1) is 0 Å². The number of carbonyl (C=O) groups is 1. The fourth-order valence-electron chi connectivity index (χ4n) is 2.99. The number of ether oxygens (including phenoxy) is 1. The second-order valence-electron chi connectivity index (χ2n) is 6.29. The number of allylic oxidation sites excluding steroid dienone is 1. The van der Waals surface area contributed by atoms with E-state index in [1.165, 1.54) is 12.7 Å². The van der Waals surface area contributed by atoms with E-state index in [2.05, 4.69) is 28.7 Å². The lowest BCUT2D eigenvalue weighted by Crippen LogP contribution is -2.36. The second-order valence-corrected chi connectivity index (χ2v) is 6.29. The summed E-state index contributed by atoms with van der Waals surface area (Å²) in [7, 11) is 1.53. The maximum absolute atomic E-state index is 12.7. The smallest absolute Gasteiger partial charge is 0.259 e. The number of hydrogen-bond acceptors (Lipinski definition) is 4. The number of hydrogen-bond donors (Lipinski definition) is 0. The normalized spacial score (nSPS) is 13.6. The molecule has 0 radical (unpaired) electrons. The van der Waals surface area contributed by atoms with Gasteiger partial charge in [0.1, 0.15) is 11.3 Å². The molecular weight excluding hydrogens is 338 g/mol. The average Bonchev–Trinajstić information content (AvgIpc) is 2.74. The third-order valence-electron chi connectivity index (χ3n) is 4.53. The summed E-state index contributed by atoms with van der Waals surface area (Å²) < 4.78 is 5.20. The van der Waals surface area contributed by atoms with Gasteiger partial charge in [-0.1, -0.05) is 24.5 Å². The number of amides is 1. The summed E-state index contributed by atoms with van der Waals surface area (Å²) in [5, 5.41) is 0. The highest BCUT2D eigenvalue weighted by molar-refractivity contribution is 5.96. The Balaban J connectivity index is 1.61. The van der Waals surface area contributed by atoms with Crippen molar-refractivity contribution in [2.45, 2.75) is 26.2 Å². The van der Waals surface area contributed by atoms with Crippen molar-refractivity contribution in [2.24, 2.45) is 0 Å². The molecule has 0 saturated carbocycles. The van der Waals surface area contributed by atoms with Gasteiger partial charge >= 0.3 is 0 Å². The van der Waals surface area contributed by atoms with E-state index >= 15 is 0 Å². The van der Waals surface area contributed by atoms with Crippen LogP contribution in [0.3, 0.4) is 0 Å². The SMILES string of the molecule is CCc1cccc(C#CC=C2CCN(C(=O)c3cccnc3OC)CC2)n1. The molecule has 5 heteroatoms. The van der Waals surface area contributed by atoms with Crippen LogP contribution in [-0.2, 0) is 6.42 Å². The number of rotatable bonds is 3. The minimum Gasteiger partial charge on any atom is -0.480 e. The van der Waals surface area contributed by atoms with Gasteiger partial charge in [-0.2, -0.15) is 0 Å². The summed E-state index contributed by atoms with van der Waals surface area (Å²) in [6, 6.07) is 9.42. The summed E-state index contributed by atoms with van der Waals surface area (Å²) in [5.74, 6) is 6.54. The molecule has 0 aromatic carbocycles. The first-order valence-electron chi connectivity index (χ1n) is 9.15. The van der Waals surface area contributed by atoms with E-state index in [0.717, 1.165) is 30.7 Å².